The average Bonchev–Trinajstić information content (AvgIpc) is 2.15. The molecule has 0 aliphatic heterocycles. The van der Waals surface area contributed by atoms with Gasteiger partial charge in [0.1, 0.15) is 5.82 Å². The smallest absolute Gasteiger partial charge is 0.123 e. The van der Waals surface area contributed by atoms with E-state index in [1.165, 1.54) is 12.1 Å². The van der Waals surface area contributed by atoms with Crippen LogP contribution in [0.3, 0.4) is 0 Å². The van der Waals surface area contributed by atoms with Gasteiger partial charge in [0, 0.05) is 20.1 Å². The second kappa shape index (κ2) is 5.08. The Morgan fingerprint density at radius 1 is 1.29 bits per heavy atom. The third kappa shape index (κ3) is 3.09. The zero-order chi connectivity index (χ0) is 10.6. The van der Waals surface area contributed by atoms with Crippen LogP contribution in [0.2, 0.25) is 0 Å². The molecule has 0 aliphatic rings. The van der Waals surface area contributed by atoms with Crippen molar-refractivity contribution in [3.8, 4) is 0 Å². The fourth-order valence-electron chi connectivity index (χ4n) is 1.41. The highest BCUT2D eigenvalue weighted by Crippen LogP contribution is 2.16. The second-order valence-electron chi connectivity index (χ2n) is 3.54. The van der Waals surface area contributed by atoms with Gasteiger partial charge in [0.15, 0.2) is 0 Å². The summed E-state index contributed by atoms with van der Waals surface area (Å²) in [5.74, 6) is -0.187. The molecule has 1 rings (SSSR count). The lowest BCUT2D eigenvalue weighted by Gasteiger charge is -2.22. The van der Waals surface area contributed by atoms with E-state index in [4.69, 9.17) is 0 Å². The van der Waals surface area contributed by atoms with E-state index in [0.717, 1.165) is 12.0 Å². The summed E-state index contributed by atoms with van der Waals surface area (Å²) in [6.07, 6.45) is 0.976. The third-order valence-corrected chi connectivity index (χ3v) is 2.09. The molecule has 0 heterocycles. The first kappa shape index (κ1) is 11.1. The molecular weight excluding hydrogens is 179 g/mol. The fourth-order valence-corrected chi connectivity index (χ4v) is 1.41. The van der Waals surface area contributed by atoms with Gasteiger partial charge >= 0.3 is 0 Å². The van der Waals surface area contributed by atoms with Gasteiger partial charge in [0.05, 0.1) is 0 Å². The number of hydrazine groups is 1. The van der Waals surface area contributed by atoms with Crippen LogP contribution in [0.5, 0.6) is 0 Å². The Labute approximate surface area is 84.7 Å². The highest BCUT2D eigenvalue weighted by atomic mass is 19.1. The van der Waals surface area contributed by atoms with Gasteiger partial charge in [-0.3, -0.25) is 5.01 Å². The first-order valence-corrected chi connectivity index (χ1v) is 4.82. The average molecular weight is 196 g/mol. The first-order chi connectivity index (χ1) is 6.63. The van der Waals surface area contributed by atoms with Crippen molar-refractivity contribution in [2.24, 2.45) is 0 Å². The minimum atomic E-state index is -0.187. The summed E-state index contributed by atoms with van der Waals surface area (Å²) in [4.78, 5) is 0. The van der Waals surface area contributed by atoms with Crippen molar-refractivity contribution < 1.29 is 4.39 Å². The van der Waals surface area contributed by atoms with Gasteiger partial charge in [-0.15, -0.1) is 0 Å². The molecule has 0 saturated heterocycles. The lowest BCUT2D eigenvalue weighted by atomic mass is 10.1. The van der Waals surface area contributed by atoms with Crippen molar-refractivity contribution in [1.82, 2.24) is 10.4 Å². The van der Waals surface area contributed by atoms with Crippen LogP contribution in [0.1, 0.15) is 24.9 Å². The number of hydrogen-bond acceptors (Lipinski definition) is 2. The molecule has 0 aromatic heterocycles. The molecule has 14 heavy (non-hydrogen) atoms. The van der Waals surface area contributed by atoms with Crippen molar-refractivity contribution >= 4 is 0 Å². The molecule has 0 fully saturated rings. The maximum atomic E-state index is 12.7. The Kier molecular flexibility index (Phi) is 4.04. The van der Waals surface area contributed by atoms with E-state index >= 15 is 0 Å². The number of rotatable bonds is 4. The van der Waals surface area contributed by atoms with Crippen molar-refractivity contribution in [1.29, 1.82) is 0 Å². The summed E-state index contributed by atoms with van der Waals surface area (Å²) in [7, 11) is 3.90. The van der Waals surface area contributed by atoms with E-state index in [2.05, 4.69) is 12.3 Å². The first-order valence-electron chi connectivity index (χ1n) is 4.82. The molecule has 1 aromatic carbocycles. The maximum absolute atomic E-state index is 12.7. The summed E-state index contributed by atoms with van der Waals surface area (Å²) in [5, 5.41) is 1.91. The molecule has 0 saturated carbocycles. The SMILES string of the molecule is CCC(NN(C)C)c1ccc(F)cc1. The van der Waals surface area contributed by atoms with Crippen molar-refractivity contribution in [2.45, 2.75) is 19.4 Å². The normalized spacial score (nSPS) is 13.2. The van der Waals surface area contributed by atoms with E-state index in [0.29, 0.717) is 0 Å². The zero-order valence-corrected chi connectivity index (χ0v) is 8.92. The van der Waals surface area contributed by atoms with Crippen LogP contribution >= 0.6 is 0 Å². The Morgan fingerprint density at radius 2 is 1.86 bits per heavy atom. The quantitative estimate of drug-likeness (QED) is 0.744. The van der Waals surface area contributed by atoms with Crippen molar-refractivity contribution in [2.75, 3.05) is 14.1 Å². The van der Waals surface area contributed by atoms with Gasteiger partial charge in [-0.1, -0.05) is 19.1 Å². The highest BCUT2D eigenvalue weighted by Gasteiger charge is 2.08. The van der Waals surface area contributed by atoms with Gasteiger partial charge in [0.25, 0.3) is 0 Å². The van der Waals surface area contributed by atoms with E-state index in [1.807, 2.05) is 31.2 Å². The molecule has 0 spiro atoms. The molecule has 78 valence electrons. The van der Waals surface area contributed by atoms with Crippen molar-refractivity contribution in [3.05, 3.63) is 35.6 Å². The Hall–Kier alpha value is -0.930. The van der Waals surface area contributed by atoms with E-state index in [1.54, 1.807) is 0 Å². The zero-order valence-electron chi connectivity index (χ0n) is 8.92. The molecule has 0 bridgehead atoms. The van der Waals surface area contributed by atoms with Crippen LogP contribution in [0.4, 0.5) is 4.39 Å². The van der Waals surface area contributed by atoms with Crippen molar-refractivity contribution in [3.63, 3.8) is 0 Å². The molecule has 1 N–H and O–H groups in total. The van der Waals surface area contributed by atoms with E-state index < -0.39 is 0 Å². The summed E-state index contributed by atoms with van der Waals surface area (Å²) in [6, 6.07) is 6.88. The molecule has 1 aromatic rings. The number of hydrogen-bond donors (Lipinski definition) is 1. The standard InChI is InChI=1S/C11H17FN2/c1-4-11(13-14(2)3)9-5-7-10(12)8-6-9/h5-8,11,13H,4H2,1-3H3. The van der Waals surface area contributed by atoms with E-state index in [-0.39, 0.29) is 11.9 Å². The van der Waals surface area contributed by atoms with Gasteiger partial charge in [-0.2, -0.15) is 0 Å². The predicted octanol–water partition coefficient (Wildman–Crippen LogP) is 2.34. The predicted molar refractivity (Wildman–Crippen MR) is 56.3 cm³/mol. The molecule has 0 aliphatic carbocycles. The molecule has 2 nitrogen and oxygen atoms in total. The van der Waals surface area contributed by atoms with Gasteiger partial charge in [-0.05, 0) is 24.1 Å². The summed E-state index contributed by atoms with van der Waals surface area (Å²) < 4.78 is 12.7. The summed E-state index contributed by atoms with van der Waals surface area (Å²) >= 11 is 0. The third-order valence-electron chi connectivity index (χ3n) is 2.09. The Bertz CT molecular complexity index is 269. The number of benzene rings is 1. The maximum Gasteiger partial charge on any atom is 0.123 e. The van der Waals surface area contributed by atoms with Crippen LogP contribution < -0.4 is 5.43 Å². The summed E-state index contributed by atoms with van der Waals surface area (Å²) in [5.41, 5.74) is 4.39. The van der Waals surface area contributed by atoms with Gasteiger partial charge in [-0.25, -0.2) is 9.82 Å². The van der Waals surface area contributed by atoms with Gasteiger partial charge in [0.2, 0.25) is 0 Å². The molecule has 1 atom stereocenters. The fraction of sp³-hybridized carbons (Fsp3) is 0.455. The lowest BCUT2D eigenvalue weighted by Crippen LogP contribution is -2.33. The number of nitrogens with zero attached hydrogens (tertiary/aromatic N) is 1. The largest absolute Gasteiger partial charge is 0.250 e. The molecular formula is C11H17FN2. The minimum absolute atomic E-state index is 0.187. The van der Waals surface area contributed by atoms with Crippen LogP contribution in [0, 0.1) is 5.82 Å². The second-order valence-corrected chi connectivity index (χ2v) is 3.54. The highest BCUT2D eigenvalue weighted by molar-refractivity contribution is 5.19. The molecule has 3 heteroatoms. The minimum Gasteiger partial charge on any atom is -0.250 e. The van der Waals surface area contributed by atoms with Crippen LogP contribution in [0.25, 0.3) is 0 Å². The lowest BCUT2D eigenvalue weighted by molar-refractivity contribution is 0.239. The van der Waals surface area contributed by atoms with E-state index in [9.17, 15) is 4.39 Å². The number of nitrogens with one attached hydrogen (secondary N) is 1. The van der Waals surface area contributed by atoms with Crippen LogP contribution in [0.15, 0.2) is 24.3 Å². The topological polar surface area (TPSA) is 15.3 Å². The summed E-state index contributed by atoms with van der Waals surface area (Å²) in [6.45, 7) is 2.10. The molecule has 0 radical (unpaired) electrons. The number of halogens is 1. The Morgan fingerprint density at radius 3 is 2.29 bits per heavy atom. The Balaban J connectivity index is 2.73. The van der Waals surface area contributed by atoms with Crippen LogP contribution in [-0.4, -0.2) is 19.1 Å². The molecule has 1 unspecified atom stereocenters. The molecule has 0 amide bonds. The van der Waals surface area contributed by atoms with Gasteiger partial charge < -0.3 is 0 Å². The monoisotopic (exact) mass is 196 g/mol. The van der Waals surface area contributed by atoms with Crippen LogP contribution in [-0.2, 0) is 0 Å².